The number of halogens is 1. The number of hydrogen-bond acceptors (Lipinski definition) is 4. The molecule has 1 aromatic heterocycles. The number of nitrogens with one attached hydrogen (secondary N) is 1. The summed E-state index contributed by atoms with van der Waals surface area (Å²) < 4.78 is 4.99. The van der Waals surface area contributed by atoms with Crippen molar-refractivity contribution in [3.63, 3.8) is 0 Å². The van der Waals surface area contributed by atoms with Crippen LogP contribution in [0.5, 0.6) is 5.88 Å². The van der Waals surface area contributed by atoms with Crippen molar-refractivity contribution in [3.05, 3.63) is 11.2 Å². The van der Waals surface area contributed by atoms with Crippen molar-refractivity contribution >= 4 is 17.5 Å². The predicted octanol–water partition coefficient (Wildman–Crippen LogP) is 3.23. The molecule has 16 heavy (non-hydrogen) atoms. The number of aromatic nitrogens is 2. The molecule has 0 aliphatic carbocycles. The minimum Gasteiger partial charge on any atom is -0.481 e. The summed E-state index contributed by atoms with van der Waals surface area (Å²) in [5.74, 6) is 0.959. The van der Waals surface area contributed by atoms with E-state index in [1.54, 1.807) is 13.2 Å². The molecule has 0 aromatic carbocycles. The van der Waals surface area contributed by atoms with Crippen LogP contribution in [-0.2, 0) is 0 Å². The van der Waals surface area contributed by atoms with Crippen LogP contribution in [0.15, 0.2) is 6.07 Å². The van der Waals surface area contributed by atoms with Gasteiger partial charge in [-0.25, -0.2) is 4.98 Å². The summed E-state index contributed by atoms with van der Waals surface area (Å²) in [6.07, 6.45) is 0. The van der Waals surface area contributed by atoms with Crippen molar-refractivity contribution in [1.82, 2.24) is 9.97 Å². The second-order valence-electron chi connectivity index (χ2n) is 4.47. The van der Waals surface area contributed by atoms with Gasteiger partial charge in [-0.05, 0) is 5.41 Å². The summed E-state index contributed by atoms with van der Waals surface area (Å²) >= 11 is 5.81. The van der Waals surface area contributed by atoms with Gasteiger partial charge in [0.25, 0.3) is 0 Å². The van der Waals surface area contributed by atoms with Crippen LogP contribution in [0.25, 0.3) is 0 Å². The van der Waals surface area contributed by atoms with Gasteiger partial charge < -0.3 is 10.1 Å². The van der Waals surface area contributed by atoms with Gasteiger partial charge in [-0.2, -0.15) is 4.98 Å². The Kier molecular flexibility index (Phi) is 5.51. The summed E-state index contributed by atoms with van der Waals surface area (Å²) in [4.78, 5) is 8.17. The Balaban J connectivity index is 0.00000225. The van der Waals surface area contributed by atoms with Crippen LogP contribution in [0.1, 0.15) is 28.2 Å². The number of anilines is 1. The maximum atomic E-state index is 5.81. The smallest absolute Gasteiger partial charge is 0.227 e. The van der Waals surface area contributed by atoms with E-state index >= 15 is 0 Å². The molecule has 1 heterocycles. The minimum atomic E-state index is 0. The van der Waals surface area contributed by atoms with Gasteiger partial charge in [0.05, 0.1) is 7.11 Å². The van der Waals surface area contributed by atoms with Crippen LogP contribution in [-0.4, -0.2) is 23.6 Å². The molecule has 0 spiro atoms. The predicted molar refractivity (Wildman–Crippen MR) is 68.3 cm³/mol. The second kappa shape index (κ2) is 5.89. The molecule has 0 saturated heterocycles. The first kappa shape index (κ1) is 15.0. The lowest BCUT2D eigenvalue weighted by atomic mass is 9.97. The van der Waals surface area contributed by atoms with E-state index in [0.717, 1.165) is 6.54 Å². The summed E-state index contributed by atoms with van der Waals surface area (Å²) in [5, 5.41) is 3.49. The largest absolute Gasteiger partial charge is 0.481 e. The Labute approximate surface area is 102 Å². The topological polar surface area (TPSA) is 47.0 Å². The zero-order chi connectivity index (χ0) is 11.5. The molecule has 0 saturated carbocycles. The van der Waals surface area contributed by atoms with Crippen LogP contribution < -0.4 is 10.1 Å². The van der Waals surface area contributed by atoms with Gasteiger partial charge >= 0.3 is 0 Å². The first-order chi connectivity index (χ1) is 6.90. The van der Waals surface area contributed by atoms with Crippen LogP contribution in [0.4, 0.5) is 5.95 Å². The van der Waals surface area contributed by atoms with Crippen molar-refractivity contribution in [2.45, 2.75) is 28.2 Å². The SMILES string of the molecule is C.COc1cc(Cl)nc(NCC(C)(C)C)n1. The van der Waals surface area contributed by atoms with Gasteiger partial charge in [0, 0.05) is 12.6 Å². The molecule has 0 unspecified atom stereocenters. The first-order valence-corrected chi connectivity index (χ1v) is 5.11. The summed E-state index contributed by atoms with van der Waals surface area (Å²) in [5.41, 5.74) is 0.166. The lowest BCUT2D eigenvalue weighted by molar-refractivity contribution is 0.396. The molecular weight excluding hydrogens is 226 g/mol. The maximum absolute atomic E-state index is 5.81. The molecule has 0 aliphatic heterocycles. The fourth-order valence-corrected chi connectivity index (χ4v) is 1.10. The third-order valence-electron chi connectivity index (χ3n) is 1.66. The van der Waals surface area contributed by atoms with Crippen LogP contribution in [0, 0.1) is 5.41 Å². The molecule has 4 nitrogen and oxygen atoms in total. The van der Waals surface area contributed by atoms with E-state index in [1.807, 2.05) is 0 Å². The van der Waals surface area contributed by atoms with E-state index in [1.165, 1.54) is 0 Å². The van der Waals surface area contributed by atoms with Crippen molar-refractivity contribution < 1.29 is 4.74 Å². The Hall–Kier alpha value is -1.03. The van der Waals surface area contributed by atoms with Crippen molar-refractivity contribution in [1.29, 1.82) is 0 Å². The molecule has 0 amide bonds. The van der Waals surface area contributed by atoms with Gasteiger partial charge in [-0.1, -0.05) is 39.8 Å². The summed E-state index contributed by atoms with van der Waals surface area (Å²) in [6.45, 7) is 7.15. The summed E-state index contributed by atoms with van der Waals surface area (Å²) in [7, 11) is 1.55. The Morgan fingerprint density at radius 3 is 2.50 bits per heavy atom. The van der Waals surface area contributed by atoms with Gasteiger partial charge in [0.15, 0.2) is 0 Å². The fourth-order valence-electron chi connectivity index (χ4n) is 0.925. The van der Waals surface area contributed by atoms with Crippen LogP contribution in [0.3, 0.4) is 0 Å². The van der Waals surface area contributed by atoms with E-state index in [-0.39, 0.29) is 12.8 Å². The van der Waals surface area contributed by atoms with E-state index in [2.05, 4.69) is 36.1 Å². The minimum absolute atomic E-state index is 0. The number of hydrogen-bond donors (Lipinski definition) is 1. The lowest BCUT2D eigenvalue weighted by Gasteiger charge is -2.18. The molecular formula is C11H20ClN3O. The van der Waals surface area contributed by atoms with Gasteiger partial charge in [0.1, 0.15) is 5.15 Å². The summed E-state index contributed by atoms with van der Waals surface area (Å²) in [6, 6.07) is 1.57. The van der Waals surface area contributed by atoms with Crippen molar-refractivity contribution in [2.24, 2.45) is 5.41 Å². The van der Waals surface area contributed by atoms with E-state index in [4.69, 9.17) is 16.3 Å². The third-order valence-corrected chi connectivity index (χ3v) is 1.85. The Bertz CT molecular complexity index is 336. The van der Waals surface area contributed by atoms with E-state index < -0.39 is 0 Å². The Morgan fingerprint density at radius 1 is 1.38 bits per heavy atom. The molecule has 0 aliphatic rings. The second-order valence-corrected chi connectivity index (χ2v) is 4.86. The molecule has 0 bridgehead atoms. The molecule has 0 radical (unpaired) electrons. The lowest BCUT2D eigenvalue weighted by Crippen LogP contribution is -2.20. The average molecular weight is 246 g/mol. The number of rotatable bonds is 3. The standard InChI is InChI=1S/C10H16ClN3O.CH4/c1-10(2,3)6-12-9-13-7(11)5-8(14-9)15-4;/h5H,6H2,1-4H3,(H,12,13,14);1H4. The van der Waals surface area contributed by atoms with Gasteiger partial charge in [-0.15, -0.1) is 0 Å². The van der Waals surface area contributed by atoms with Crippen LogP contribution in [0.2, 0.25) is 5.15 Å². The highest BCUT2D eigenvalue weighted by Gasteiger charge is 2.11. The number of methoxy groups -OCH3 is 1. The zero-order valence-corrected chi connectivity index (χ0v) is 10.2. The van der Waals surface area contributed by atoms with E-state index in [0.29, 0.717) is 17.0 Å². The third kappa shape index (κ3) is 5.16. The molecule has 0 fully saturated rings. The van der Waals surface area contributed by atoms with Crippen molar-refractivity contribution in [2.75, 3.05) is 19.0 Å². The molecule has 1 N–H and O–H groups in total. The normalized spacial score (nSPS) is 10.6. The average Bonchev–Trinajstić information content (AvgIpc) is 2.13. The van der Waals surface area contributed by atoms with Crippen molar-refractivity contribution in [3.8, 4) is 5.88 Å². The quantitative estimate of drug-likeness (QED) is 0.831. The monoisotopic (exact) mass is 245 g/mol. The maximum Gasteiger partial charge on any atom is 0.227 e. The Morgan fingerprint density at radius 2 is 2.00 bits per heavy atom. The van der Waals surface area contributed by atoms with Crippen LogP contribution >= 0.6 is 11.6 Å². The molecule has 1 rings (SSSR count). The van der Waals surface area contributed by atoms with Gasteiger partial charge in [0.2, 0.25) is 11.8 Å². The molecule has 92 valence electrons. The number of ether oxygens (including phenoxy) is 1. The number of nitrogens with zero attached hydrogens (tertiary/aromatic N) is 2. The molecule has 0 atom stereocenters. The van der Waals surface area contributed by atoms with E-state index in [9.17, 15) is 0 Å². The highest BCUT2D eigenvalue weighted by atomic mass is 35.5. The molecule has 5 heteroatoms. The van der Waals surface area contributed by atoms with Gasteiger partial charge in [-0.3, -0.25) is 0 Å². The highest BCUT2D eigenvalue weighted by Crippen LogP contribution is 2.18. The molecule has 1 aromatic rings. The fraction of sp³-hybridized carbons (Fsp3) is 0.636. The highest BCUT2D eigenvalue weighted by molar-refractivity contribution is 6.29. The zero-order valence-electron chi connectivity index (χ0n) is 9.47. The first-order valence-electron chi connectivity index (χ1n) is 4.73.